The van der Waals surface area contributed by atoms with Crippen LogP contribution in [0.3, 0.4) is 0 Å². The number of hydrogen-bond donors (Lipinski definition) is 3. The van der Waals surface area contributed by atoms with Crippen molar-refractivity contribution in [1.82, 2.24) is 0 Å². The Balaban J connectivity index is 2.50. The number of methoxy groups -OCH3 is 1. The molecule has 8 heteroatoms. The number of carboxylic acid groups (broad SMARTS) is 1. The number of hydrogen-bond acceptors (Lipinski definition) is 5. The lowest BCUT2D eigenvalue weighted by molar-refractivity contribution is -0.143. The second kappa shape index (κ2) is 8.67. The van der Waals surface area contributed by atoms with E-state index in [-0.39, 0.29) is 19.1 Å². The van der Waals surface area contributed by atoms with Crippen molar-refractivity contribution >= 4 is 29.2 Å². The molecule has 0 atom stereocenters. The highest BCUT2D eigenvalue weighted by Gasteiger charge is 2.06. The van der Waals surface area contributed by atoms with Gasteiger partial charge in [0.2, 0.25) is 11.8 Å². The van der Waals surface area contributed by atoms with E-state index in [1.54, 1.807) is 24.3 Å². The molecular weight excluding hydrogens is 280 g/mol. The normalized spacial score (nSPS) is 9.95. The van der Waals surface area contributed by atoms with E-state index in [4.69, 9.17) is 5.11 Å². The molecule has 21 heavy (non-hydrogen) atoms. The SMILES string of the molecule is COCC(=O)Nc1cccc(NC(=O)COCC(=O)O)c1. The van der Waals surface area contributed by atoms with Crippen LogP contribution in [-0.2, 0) is 23.9 Å². The van der Waals surface area contributed by atoms with Crippen LogP contribution in [0.1, 0.15) is 0 Å². The van der Waals surface area contributed by atoms with Crippen LogP contribution in [-0.4, -0.2) is 49.8 Å². The molecule has 0 unspecified atom stereocenters. The number of benzene rings is 1. The summed E-state index contributed by atoms with van der Waals surface area (Å²) in [5.74, 6) is -1.95. The monoisotopic (exact) mass is 296 g/mol. The molecule has 0 fully saturated rings. The van der Waals surface area contributed by atoms with Crippen LogP contribution in [0.2, 0.25) is 0 Å². The molecule has 8 nitrogen and oxygen atoms in total. The van der Waals surface area contributed by atoms with Crippen molar-refractivity contribution in [3.05, 3.63) is 24.3 Å². The number of carboxylic acids is 1. The number of carbonyl (C=O) groups excluding carboxylic acids is 2. The van der Waals surface area contributed by atoms with E-state index in [2.05, 4.69) is 20.1 Å². The minimum atomic E-state index is -1.15. The highest BCUT2D eigenvalue weighted by molar-refractivity contribution is 5.95. The van der Waals surface area contributed by atoms with Gasteiger partial charge in [0.05, 0.1) is 0 Å². The van der Waals surface area contributed by atoms with Gasteiger partial charge in [0, 0.05) is 18.5 Å². The minimum Gasteiger partial charge on any atom is -0.480 e. The van der Waals surface area contributed by atoms with Gasteiger partial charge in [0.1, 0.15) is 19.8 Å². The Hall–Kier alpha value is -2.45. The van der Waals surface area contributed by atoms with Crippen LogP contribution in [0.15, 0.2) is 24.3 Å². The largest absolute Gasteiger partial charge is 0.480 e. The topological polar surface area (TPSA) is 114 Å². The fourth-order valence-corrected chi connectivity index (χ4v) is 1.43. The van der Waals surface area contributed by atoms with E-state index in [9.17, 15) is 14.4 Å². The summed E-state index contributed by atoms with van der Waals surface area (Å²) in [5, 5.41) is 13.5. The van der Waals surface area contributed by atoms with Gasteiger partial charge in [-0.05, 0) is 18.2 Å². The maximum absolute atomic E-state index is 11.5. The number of carbonyl (C=O) groups is 3. The molecule has 0 aliphatic rings. The first-order chi connectivity index (χ1) is 10.0. The van der Waals surface area contributed by atoms with Crippen molar-refractivity contribution in [3.8, 4) is 0 Å². The number of rotatable bonds is 8. The molecule has 1 aromatic rings. The van der Waals surface area contributed by atoms with Gasteiger partial charge < -0.3 is 25.2 Å². The first kappa shape index (κ1) is 16.6. The molecule has 1 rings (SSSR count). The standard InChI is InChI=1S/C13H16N2O6/c1-20-6-11(16)14-9-3-2-4-10(5-9)15-12(17)7-21-8-13(18)19/h2-5H,6-8H2,1H3,(H,14,16)(H,15,17)(H,18,19). The maximum atomic E-state index is 11.5. The Bertz CT molecular complexity index is 517. The fraction of sp³-hybridized carbons (Fsp3) is 0.308. The number of amides is 2. The zero-order chi connectivity index (χ0) is 15.7. The predicted molar refractivity (Wildman–Crippen MR) is 74.0 cm³/mol. The lowest BCUT2D eigenvalue weighted by Crippen LogP contribution is -2.21. The van der Waals surface area contributed by atoms with Crippen LogP contribution in [0, 0.1) is 0 Å². The molecule has 0 aliphatic heterocycles. The third-order valence-corrected chi connectivity index (χ3v) is 2.16. The molecule has 0 bridgehead atoms. The van der Waals surface area contributed by atoms with Crippen LogP contribution < -0.4 is 10.6 Å². The average Bonchev–Trinajstić information content (AvgIpc) is 2.38. The number of nitrogens with one attached hydrogen (secondary N) is 2. The van der Waals surface area contributed by atoms with E-state index in [1.807, 2.05) is 0 Å². The minimum absolute atomic E-state index is 0.0698. The molecule has 0 heterocycles. The molecule has 0 aromatic heterocycles. The van der Waals surface area contributed by atoms with Crippen molar-refractivity contribution < 1.29 is 29.0 Å². The number of anilines is 2. The molecule has 0 spiro atoms. The first-order valence-electron chi connectivity index (χ1n) is 5.99. The van der Waals surface area contributed by atoms with E-state index in [0.29, 0.717) is 11.4 Å². The highest BCUT2D eigenvalue weighted by atomic mass is 16.5. The first-order valence-corrected chi connectivity index (χ1v) is 5.99. The third-order valence-electron chi connectivity index (χ3n) is 2.16. The second-order valence-electron chi connectivity index (χ2n) is 4.00. The average molecular weight is 296 g/mol. The van der Waals surface area contributed by atoms with E-state index < -0.39 is 18.5 Å². The molecule has 1 aromatic carbocycles. The van der Waals surface area contributed by atoms with Gasteiger partial charge >= 0.3 is 5.97 Å². The summed E-state index contributed by atoms with van der Waals surface area (Å²) >= 11 is 0. The van der Waals surface area contributed by atoms with E-state index >= 15 is 0 Å². The Labute approximate surface area is 121 Å². The van der Waals surface area contributed by atoms with Crippen molar-refractivity contribution in [2.75, 3.05) is 37.6 Å². The lowest BCUT2D eigenvalue weighted by atomic mass is 10.2. The van der Waals surface area contributed by atoms with Crippen LogP contribution in [0.25, 0.3) is 0 Å². The van der Waals surface area contributed by atoms with E-state index in [1.165, 1.54) is 7.11 Å². The highest BCUT2D eigenvalue weighted by Crippen LogP contribution is 2.14. The lowest BCUT2D eigenvalue weighted by Gasteiger charge is -2.08. The van der Waals surface area contributed by atoms with Gasteiger partial charge in [-0.1, -0.05) is 6.07 Å². The maximum Gasteiger partial charge on any atom is 0.329 e. The Kier molecular flexibility index (Phi) is 6.85. The third kappa shape index (κ3) is 7.04. The van der Waals surface area contributed by atoms with Gasteiger partial charge in [-0.15, -0.1) is 0 Å². The van der Waals surface area contributed by atoms with Gasteiger partial charge in [-0.25, -0.2) is 4.79 Å². The van der Waals surface area contributed by atoms with Gasteiger partial charge in [0.25, 0.3) is 0 Å². The summed E-state index contributed by atoms with van der Waals surface area (Å²) in [4.78, 5) is 33.1. The zero-order valence-corrected chi connectivity index (χ0v) is 11.4. The molecule has 0 saturated heterocycles. The van der Waals surface area contributed by atoms with Crippen molar-refractivity contribution in [3.63, 3.8) is 0 Å². The van der Waals surface area contributed by atoms with Crippen molar-refractivity contribution in [2.24, 2.45) is 0 Å². The molecular formula is C13H16N2O6. The summed E-state index contributed by atoms with van der Waals surface area (Å²) in [6.07, 6.45) is 0. The van der Waals surface area contributed by atoms with Gasteiger partial charge in [-0.2, -0.15) is 0 Å². The molecule has 2 amide bonds. The smallest absolute Gasteiger partial charge is 0.329 e. The molecule has 3 N–H and O–H groups in total. The van der Waals surface area contributed by atoms with Gasteiger partial charge in [-0.3, -0.25) is 9.59 Å². The van der Waals surface area contributed by atoms with Crippen LogP contribution >= 0.6 is 0 Å². The van der Waals surface area contributed by atoms with Gasteiger partial charge in [0.15, 0.2) is 0 Å². The fourth-order valence-electron chi connectivity index (χ4n) is 1.43. The Morgan fingerprint density at radius 3 is 2.14 bits per heavy atom. The van der Waals surface area contributed by atoms with Crippen LogP contribution in [0.4, 0.5) is 11.4 Å². The van der Waals surface area contributed by atoms with E-state index in [0.717, 1.165) is 0 Å². The summed E-state index contributed by atoms with van der Waals surface area (Å²) in [5.41, 5.74) is 0.954. The summed E-state index contributed by atoms with van der Waals surface area (Å²) in [7, 11) is 1.41. The van der Waals surface area contributed by atoms with Crippen molar-refractivity contribution in [2.45, 2.75) is 0 Å². The number of aliphatic carboxylic acids is 1. The van der Waals surface area contributed by atoms with Crippen LogP contribution in [0.5, 0.6) is 0 Å². The molecule has 0 radical (unpaired) electrons. The molecule has 0 saturated carbocycles. The Morgan fingerprint density at radius 2 is 1.62 bits per heavy atom. The molecule has 114 valence electrons. The molecule has 0 aliphatic carbocycles. The Morgan fingerprint density at radius 1 is 1.05 bits per heavy atom. The summed E-state index contributed by atoms with van der Waals surface area (Å²) in [6, 6.07) is 6.49. The summed E-state index contributed by atoms with van der Waals surface area (Å²) < 4.78 is 9.35. The number of ether oxygens (including phenoxy) is 2. The predicted octanol–water partition coefficient (Wildman–Crippen LogP) is 0.311. The summed E-state index contributed by atoms with van der Waals surface area (Å²) in [6.45, 7) is -0.979. The second-order valence-corrected chi connectivity index (χ2v) is 4.00. The zero-order valence-electron chi connectivity index (χ0n) is 11.4. The quantitative estimate of drug-likeness (QED) is 0.636. The van der Waals surface area contributed by atoms with Crippen molar-refractivity contribution in [1.29, 1.82) is 0 Å².